The van der Waals surface area contributed by atoms with Gasteiger partial charge in [0.2, 0.25) is 11.8 Å². The highest BCUT2D eigenvalue weighted by Gasteiger charge is 2.24. The van der Waals surface area contributed by atoms with E-state index in [0.29, 0.717) is 37.2 Å². The molecule has 1 aliphatic heterocycles. The Bertz CT molecular complexity index is 1120. The zero-order valence-corrected chi connectivity index (χ0v) is 24.3. The second-order valence-electron chi connectivity index (χ2n) is 10.6. The van der Waals surface area contributed by atoms with E-state index in [1.54, 1.807) is 24.3 Å². The number of nitrogens with one attached hydrogen (secondary N) is 3. The zero-order chi connectivity index (χ0) is 29.5. The molecule has 2 aromatic carbocycles. The van der Waals surface area contributed by atoms with Crippen LogP contribution in [-0.2, 0) is 20.7 Å². The summed E-state index contributed by atoms with van der Waals surface area (Å²) in [5, 5.41) is 9.87. The molecule has 0 unspecified atom stereocenters. The predicted molar refractivity (Wildman–Crippen MR) is 159 cm³/mol. The molecule has 1 heterocycles. The molecule has 3 rings (SSSR count). The molecule has 3 N–H and O–H groups in total. The SMILES string of the molecule is CC(=O)N/N=C/[C@H](CCc1ccccc1)NC(=O)[C@H](CC(C)C)NC(=O)c1ccc(OCCN2CCOCC2)cc1. The van der Waals surface area contributed by atoms with Gasteiger partial charge in [-0.3, -0.25) is 19.3 Å². The molecular formula is C31H43N5O5. The highest BCUT2D eigenvalue weighted by atomic mass is 16.5. The predicted octanol–water partition coefficient (Wildman–Crippen LogP) is 2.78. The lowest BCUT2D eigenvalue weighted by Gasteiger charge is -2.26. The first kappa shape index (κ1) is 31.8. The van der Waals surface area contributed by atoms with Gasteiger partial charge in [-0.2, -0.15) is 5.10 Å². The molecule has 41 heavy (non-hydrogen) atoms. The van der Waals surface area contributed by atoms with Crippen molar-refractivity contribution in [2.24, 2.45) is 11.0 Å². The molecule has 1 fully saturated rings. The number of hydrogen-bond donors (Lipinski definition) is 3. The Hall–Kier alpha value is -3.76. The van der Waals surface area contributed by atoms with E-state index in [-0.39, 0.29) is 23.6 Å². The molecule has 0 aromatic heterocycles. The summed E-state index contributed by atoms with van der Waals surface area (Å²) < 4.78 is 11.2. The molecule has 3 amide bonds. The standard InChI is InChI=1S/C31H43N5O5/c1-23(2)21-29(31(39)33-27(22-32-35-24(3)37)12-9-25-7-5-4-6-8-25)34-30(38)26-10-13-28(14-11-26)41-20-17-36-15-18-40-19-16-36/h4-8,10-11,13-14,22-23,27,29H,9,12,15-21H2,1-3H3,(H,33,39)(H,34,38)(H,35,37)/b32-22+/t27-,29-/m0/s1. The normalized spacial score (nSPS) is 15.3. The van der Waals surface area contributed by atoms with Crippen LogP contribution in [0.25, 0.3) is 0 Å². The molecule has 0 spiro atoms. The molecule has 0 aliphatic carbocycles. The number of aryl methyl sites for hydroxylation is 1. The second kappa shape index (κ2) is 17.1. The Morgan fingerprint density at radius 2 is 1.73 bits per heavy atom. The Morgan fingerprint density at radius 1 is 1.02 bits per heavy atom. The molecule has 10 heteroatoms. The summed E-state index contributed by atoms with van der Waals surface area (Å²) in [5.41, 5.74) is 3.96. The Morgan fingerprint density at radius 3 is 2.39 bits per heavy atom. The summed E-state index contributed by atoms with van der Waals surface area (Å²) in [6.07, 6.45) is 3.27. The molecular weight excluding hydrogens is 522 g/mol. The van der Waals surface area contributed by atoms with E-state index in [0.717, 1.165) is 38.4 Å². The monoisotopic (exact) mass is 565 g/mol. The van der Waals surface area contributed by atoms with Crippen molar-refractivity contribution in [3.8, 4) is 5.75 Å². The van der Waals surface area contributed by atoms with E-state index in [1.807, 2.05) is 44.2 Å². The van der Waals surface area contributed by atoms with Gasteiger partial charge in [0.05, 0.1) is 19.3 Å². The summed E-state index contributed by atoms with van der Waals surface area (Å²) in [6.45, 7) is 10.1. The minimum atomic E-state index is -0.736. The number of benzene rings is 2. The van der Waals surface area contributed by atoms with Crippen molar-refractivity contribution in [1.29, 1.82) is 0 Å². The van der Waals surface area contributed by atoms with Crippen molar-refractivity contribution in [3.63, 3.8) is 0 Å². The Kier molecular flexibility index (Phi) is 13.3. The van der Waals surface area contributed by atoms with Crippen molar-refractivity contribution in [2.45, 2.75) is 52.1 Å². The molecule has 0 saturated carbocycles. The number of ether oxygens (including phenoxy) is 2. The average Bonchev–Trinajstić information content (AvgIpc) is 2.96. The molecule has 1 saturated heterocycles. The number of carbonyl (C=O) groups is 3. The van der Waals surface area contributed by atoms with Crippen molar-refractivity contribution in [3.05, 3.63) is 65.7 Å². The number of nitrogens with zero attached hydrogens (tertiary/aromatic N) is 2. The molecule has 0 bridgehead atoms. The maximum absolute atomic E-state index is 13.4. The molecule has 2 aromatic rings. The second-order valence-corrected chi connectivity index (χ2v) is 10.6. The first-order valence-corrected chi connectivity index (χ1v) is 14.3. The number of amides is 3. The highest BCUT2D eigenvalue weighted by Crippen LogP contribution is 2.14. The average molecular weight is 566 g/mol. The van der Waals surface area contributed by atoms with Gasteiger partial charge in [-0.05, 0) is 55.0 Å². The molecule has 1 aliphatic rings. The molecule has 222 valence electrons. The van der Waals surface area contributed by atoms with Crippen LogP contribution in [0.1, 0.15) is 49.5 Å². The van der Waals surface area contributed by atoms with Gasteiger partial charge in [0.25, 0.3) is 5.91 Å². The summed E-state index contributed by atoms with van der Waals surface area (Å²) >= 11 is 0. The number of hydrogen-bond acceptors (Lipinski definition) is 7. The summed E-state index contributed by atoms with van der Waals surface area (Å²) in [7, 11) is 0. The van der Waals surface area contributed by atoms with E-state index in [1.165, 1.54) is 13.1 Å². The van der Waals surface area contributed by atoms with E-state index in [4.69, 9.17) is 9.47 Å². The zero-order valence-electron chi connectivity index (χ0n) is 24.3. The van der Waals surface area contributed by atoms with Gasteiger partial charge in [0, 0.05) is 38.3 Å². The minimum Gasteiger partial charge on any atom is -0.492 e. The van der Waals surface area contributed by atoms with E-state index in [9.17, 15) is 14.4 Å². The first-order chi connectivity index (χ1) is 19.8. The van der Waals surface area contributed by atoms with Crippen LogP contribution in [0.4, 0.5) is 0 Å². The van der Waals surface area contributed by atoms with Crippen LogP contribution in [0.5, 0.6) is 5.75 Å². The van der Waals surface area contributed by atoms with Gasteiger partial charge in [0.1, 0.15) is 18.4 Å². The summed E-state index contributed by atoms with van der Waals surface area (Å²) in [5.74, 6) is -0.0798. The molecule has 0 radical (unpaired) electrons. The third kappa shape index (κ3) is 12.1. The van der Waals surface area contributed by atoms with E-state index >= 15 is 0 Å². The van der Waals surface area contributed by atoms with Crippen molar-refractivity contribution in [1.82, 2.24) is 21.0 Å². The van der Waals surface area contributed by atoms with Crippen LogP contribution in [0.2, 0.25) is 0 Å². The van der Waals surface area contributed by atoms with Crippen LogP contribution in [0.15, 0.2) is 59.7 Å². The Labute approximate surface area is 242 Å². The van der Waals surface area contributed by atoms with Gasteiger partial charge < -0.3 is 20.1 Å². The van der Waals surface area contributed by atoms with Gasteiger partial charge in [-0.15, -0.1) is 0 Å². The Balaban J connectivity index is 1.58. The topological polar surface area (TPSA) is 121 Å². The van der Waals surface area contributed by atoms with Gasteiger partial charge >= 0.3 is 0 Å². The number of hydrazone groups is 1. The van der Waals surface area contributed by atoms with Crippen molar-refractivity contribution >= 4 is 23.9 Å². The highest BCUT2D eigenvalue weighted by molar-refractivity contribution is 5.98. The van der Waals surface area contributed by atoms with Crippen molar-refractivity contribution < 1.29 is 23.9 Å². The van der Waals surface area contributed by atoms with Crippen LogP contribution >= 0.6 is 0 Å². The lowest BCUT2D eigenvalue weighted by Crippen LogP contribution is -2.50. The van der Waals surface area contributed by atoms with Crippen LogP contribution in [0, 0.1) is 5.92 Å². The first-order valence-electron chi connectivity index (χ1n) is 14.3. The van der Waals surface area contributed by atoms with Gasteiger partial charge in [-0.1, -0.05) is 44.2 Å². The minimum absolute atomic E-state index is 0.170. The number of morpholine rings is 1. The smallest absolute Gasteiger partial charge is 0.251 e. The lowest BCUT2D eigenvalue weighted by atomic mass is 10.0. The van der Waals surface area contributed by atoms with Crippen LogP contribution < -0.4 is 20.8 Å². The van der Waals surface area contributed by atoms with Crippen molar-refractivity contribution in [2.75, 3.05) is 39.5 Å². The van der Waals surface area contributed by atoms with E-state index in [2.05, 4.69) is 26.1 Å². The maximum Gasteiger partial charge on any atom is 0.251 e. The number of carbonyl (C=O) groups excluding carboxylic acids is 3. The van der Waals surface area contributed by atoms with Gasteiger partial charge in [-0.25, -0.2) is 5.43 Å². The van der Waals surface area contributed by atoms with E-state index < -0.39 is 12.1 Å². The quantitative estimate of drug-likeness (QED) is 0.226. The number of rotatable bonds is 15. The van der Waals surface area contributed by atoms with Gasteiger partial charge in [0.15, 0.2) is 0 Å². The third-order valence-electron chi connectivity index (χ3n) is 6.62. The fourth-order valence-electron chi connectivity index (χ4n) is 4.42. The third-order valence-corrected chi connectivity index (χ3v) is 6.62. The fraction of sp³-hybridized carbons (Fsp3) is 0.484. The summed E-state index contributed by atoms with van der Waals surface area (Å²) in [4.78, 5) is 40.0. The van der Waals surface area contributed by atoms with Crippen LogP contribution in [0.3, 0.4) is 0 Å². The maximum atomic E-state index is 13.4. The summed E-state index contributed by atoms with van der Waals surface area (Å²) in [6, 6.07) is 15.7. The van der Waals surface area contributed by atoms with Crippen LogP contribution in [-0.4, -0.2) is 80.4 Å². The largest absolute Gasteiger partial charge is 0.492 e. The fourth-order valence-corrected chi connectivity index (χ4v) is 4.42. The molecule has 2 atom stereocenters. The lowest BCUT2D eigenvalue weighted by molar-refractivity contribution is -0.123. The molecule has 10 nitrogen and oxygen atoms in total.